The Morgan fingerprint density at radius 1 is 1.00 bits per heavy atom. The molecule has 2 N–H and O–H groups in total. The highest BCUT2D eigenvalue weighted by Gasteiger charge is 2.16. The van der Waals surface area contributed by atoms with Gasteiger partial charge in [-0.3, -0.25) is 0 Å². The molecule has 1 rings (SSSR count). The summed E-state index contributed by atoms with van der Waals surface area (Å²) >= 11 is 0. The second-order valence-electron chi connectivity index (χ2n) is 6.34. The van der Waals surface area contributed by atoms with Crippen LogP contribution in [0, 0.1) is 0 Å². The van der Waals surface area contributed by atoms with Gasteiger partial charge < -0.3 is 29.7 Å². The first-order chi connectivity index (χ1) is 11.6. The number of nitrogens with one attached hydrogen (secondary N) is 1. The average Bonchev–Trinajstić information content (AvgIpc) is 2.51. The van der Waals surface area contributed by atoms with Crippen molar-refractivity contribution in [2.24, 2.45) is 0 Å². The van der Waals surface area contributed by atoms with Gasteiger partial charge in [0.15, 0.2) is 0 Å². The molecule has 1 aromatic rings. The van der Waals surface area contributed by atoms with Crippen molar-refractivity contribution in [3.8, 4) is 11.5 Å². The number of ether oxygens (including phenoxy) is 2. The topological polar surface area (TPSA) is 91.3 Å². The number of carbonyl (C=O) groups excluding carboxylic acids is 2. The van der Waals surface area contributed by atoms with Crippen LogP contribution >= 0.6 is 12.4 Å². The zero-order chi connectivity index (χ0) is 19.1. The largest absolute Gasteiger partial charge is 0.414 e. The minimum Gasteiger partial charge on any atom is -0.410 e. The highest BCUT2D eigenvalue weighted by Crippen LogP contribution is 2.27. The van der Waals surface area contributed by atoms with Crippen molar-refractivity contribution in [3.05, 3.63) is 23.8 Å². The average molecular weight is 390 g/mol. The SMILES string of the molecule is CC(C)NC[C@H](O)c1cc(OC(=O)N(C)C)cc(OC(=O)N(C)C)c1.Cl. The smallest absolute Gasteiger partial charge is 0.410 e. The van der Waals surface area contributed by atoms with Gasteiger partial charge in [0.1, 0.15) is 11.5 Å². The van der Waals surface area contributed by atoms with Crippen LogP contribution in [0.5, 0.6) is 11.5 Å². The second-order valence-corrected chi connectivity index (χ2v) is 6.34. The van der Waals surface area contributed by atoms with Gasteiger partial charge in [0.2, 0.25) is 0 Å². The summed E-state index contributed by atoms with van der Waals surface area (Å²) in [6, 6.07) is 4.72. The van der Waals surface area contributed by atoms with Crippen LogP contribution in [0.2, 0.25) is 0 Å². The standard InChI is InChI=1S/C17H27N3O5.ClH/c1-11(2)18-10-15(21)12-7-13(24-16(22)19(3)4)9-14(8-12)25-17(23)20(5)6;/h7-9,11,15,18,21H,10H2,1-6H3;1H/t15-;/m0./s1. The highest BCUT2D eigenvalue weighted by atomic mass is 35.5. The molecule has 0 fully saturated rings. The minimum atomic E-state index is -0.850. The van der Waals surface area contributed by atoms with Crippen molar-refractivity contribution in [1.29, 1.82) is 0 Å². The lowest BCUT2D eigenvalue weighted by molar-refractivity contribution is 0.164. The fourth-order valence-corrected chi connectivity index (χ4v) is 1.75. The number of hydrogen-bond acceptors (Lipinski definition) is 6. The molecule has 0 bridgehead atoms. The molecule has 0 aliphatic heterocycles. The summed E-state index contributed by atoms with van der Waals surface area (Å²) < 4.78 is 10.5. The van der Waals surface area contributed by atoms with E-state index in [1.807, 2.05) is 13.8 Å². The molecule has 0 aliphatic rings. The predicted octanol–water partition coefficient (Wildman–Crippen LogP) is 2.26. The summed E-state index contributed by atoms with van der Waals surface area (Å²) in [6.45, 7) is 4.24. The van der Waals surface area contributed by atoms with Gasteiger partial charge in [0.05, 0.1) is 6.10 Å². The molecule has 26 heavy (non-hydrogen) atoms. The van der Waals surface area contributed by atoms with E-state index in [0.717, 1.165) is 0 Å². The Labute approximate surface area is 160 Å². The van der Waals surface area contributed by atoms with E-state index in [1.54, 1.807) is 40.3 Å². The Kier molecular flexibility index (Phi) is 10.0. The third kappa shape index (κ3) is 7.90. The number of halogens is 1. The summed E-state index contributed by atoms with van der Waals surface area (Å²) in [7, 11) is 6.22. The van der Waals surface area contributed by atoms with Crippen LogP contribution in [0.1, 0.15) is 25.5 Å². The Morgan fingerprint density at radius 3 is 1.77 bits per heavy atom. The van der Waals surface area contributed by atoms with Gasteiger partial charge in [-0.25, -0.2) is 9.59 Å². The second kappa shape index (κ2) is 10.8. The minimum absolute atomic E-state index is 0. The van der Waals surface area contributed by atoms with Crippen LogP contribution in [-0.4, -0.2) is 67.9 Å². The van der Waals surface area contributed by atoms with E-state index in [9.17, 15) is 14.7 Å². The van der Waals surface area contributed by atoms with E-state index in [2.05, 4.69) is 5.32 Å². The summed E-state index contributed by atoms with van der Waals surface area (Å²) in [4.78, 5) is 26.1. The molecule has 0 aliphatic carbocycles. The molecule has 0 heterocycles. The van der Waals surface area contributed by atoms with Crippen molar-refractivity contribution in [3.63, 3.8) is 0 Å². The van der Waals surface area contributed by atoms with Gasteiger partial charge in [-0.15, -0.1) is 12.4 Å². The zero-order valence-corrected chi connectivity index (χ0v) is 16.8. The van der Waals surface area contributed by atoms with Gasteiger partial charge in [-0.05, 0) is 17.7 Å². The maximum absolute atomic E-state index is 11.8. The Bertz CT molecular complexity index is 568. The van der Waals surface area contributed by atoms with Crippen LogP contribution in [0.3, 0.4) is 0 Å². The summed E-state index contributed by atoms with van der Waals surface area (Å²) in [5.74, 6) is 0.364. The normalized spacial score (nSPS) is 11.4. The van der Waals surface area contributed by atoms with Crippen LogP contribution in [-0.2, 0) is 0 Å². The van der Waals surface area contributed by atoms with Gasteiger partial charge >= 0.3 is 12.2 Å². The molecule has 1 atom stereocenters. The molecule has 0 radical (unpaired) electrons. The van der Waals surface area contributed by atoms with E-state index < -0.39 is 18.3 Å². The van der Waals surface area contributed by atoms with E-state index in [4.69, 9.17) is 9.47 Å². The monoisotopic (exact) mass is 389 g/mol. The third-order valence-corrected chi connectivity index (χ3v) is 3.15. The van der Waals surface area contributed by atoms with Gasteiger partial charge in [0.25, 0.3) is 0 Å². The third-order valence-electron chi connectivity index (χ3n) is 3.15. The molecular formula is C17H28ClN3O5. The molecule has 0 spiro atoms. The van der Waals surface area contributed by atoms with Crippen molar-refractivity contribution in [2.45, 2.75) is 26.0 Å². The number of benzene rings is 1. The fraction of sp³-hybridized carbons (Fsp3) is 0.529. The summed E-state index contributed by atoms with van der Waals surface area (Å²) in [5.41, 5.74) is 0.471. The molecule has 0 saturated heterocycles. The van der Waals surface area contributed by atoms with Crippen LogP contribution < -0.4 is 14.8 Å². The molecule has 9 heteroatoms. The molecule has 2 amide bonds. The van der Waals surface area contributed by atoms with Crippen LogP contribution in [0.4, 0.5) is 9.59 Å². The van der Waals surface area contributed by atoms with E-state index in [1.165, 1.54) is 15.9 Å². The maximum Gasteiger partial charge on any atom is 0.414 e. The quantitative estimate of drug-likeness (QED) is 0.775. The number of nitrogens with zero attached hydrogens (tertiary/aromatic N) is 2. The van der Waals surface area contributed by atoms with Crippen LogP contribution in [0.15, 0.2) is 18.2 Å². The van der Waals surface area contributed by atoms with E-state index >= 15 is 0 Å². The molecule has 0 saturated carbocycles. The van der Waals surface area contributed by atoms with Crippen molar-refractivity contribution >= 4 is 24.6 Å². The highest BCUT2D eigenvalue weighted by molar-refractivity contribution is 5.85. The lowest BCUT2D eigenvalue weighted by Crippen LogP contribution is -2.28. The van der Waals surface area contributed by atoms with Gasteiger partial charge in [0, 0.05) is 46.8 Å². The predicted molar refractivity (Wildman–Crippen MR) is 101 cm³/mol. The Balaban J connectivity index is 0.00000625. The number of aliphatic hydroxyl groups is 1. The molecule has 0 aromatic heterocycles. The molecule has 8 nitrogen and oxygen atoms in total. The van der Waals surface area contributed by atoms with Crippen molar-refractivity contribution in [2.75, 3.05) is 34.7 Å². The summed E-state index contributed by atoms with van der Waals surface area (Å²) in [6.07, 6.45) is -1.99. The number of amides is 2. The van der Waals surface area contributed by atoms with E-state index in [-0.39, 0.29) is 29.9 Å². The Hall–Kier alpha value is -2.03. The molecule has 0 unspecified atom stereocenters. The zero-order valence-electron chi connectivity index (χ0n) is 16.0. The van der Waals surface area contributed by atoms with Crippen molar-refractivity contribution in [1.82, 2.24) is 15.1 Å². The molecule has 1 aromatic carbocycles. The summed E-state index contributed by atoms with van der Waals surface area (Å²) in [5, 5.41) is 13.5. The maximum atomic E-state index is 11.8. The van der Waals surface area contributed by atoms with Crippen molar-refractivity contribution < 1.29 is 24.2 Å². The number of aliphatic hydroxyl groups excluding tert-OH is 1. The first-order valence-electron chi connectivity index (χ1n) is 7.94. The molecular weight excluding hydrogens is 362 g/mol. The fourth-order valence-electron chi connectivity index (χ4n) is 1.75. The van der Waals surface area contributed by atoms with Gasteiger partial charge in [-0.2, -0.15) is 0 Å². The lowest BCUT2D eigenvalue weighted by atomic mass is 10.1. The lowest BCUT2D eigenvalue weighted by Gasteiger charge is -2.18. The first-order valence-corrected chi connectivity index (χ1v) is 7.94. The number of rotatable bonds is 6. The van der Waals surface area contributed by atoms with E-state index in [0.29, 0.717) is 12.1 Å². The van der Waals surface area contributed by atoms with Gasteiger partial charge in [-0.1, -0.05) is 13.8 Å². The molecule has 148 valence electrons. The van der Waals surface area contributed by atoms with Crippen LogP contribution in [0.25, 0.3) is 0 Å². The Morgan fingerprint density at radius 2 is 1.42 bits per heavy atom. The first kappa shape index (κ1) is 24.0. The number of carbonyl (C=O) groups is 2. The number of hydrogen-bond donors (Lipinski definition) is 2.